The molecule has 0 bridgehead atoms. The first-order valence-electron chi connectivity index (χ1n) is 6.87. The summed E-state index contributed by atoms with van der Waals surface area (Å²) in [4.78, 5) is 0. The summed E-state index contributed by atoms with van der Waals surface area (Å²) in [5.74, 6) is 1.08. The Kier molecular flexibility index (Phi) is 3.67. The molecule has 2 nitrogen and oxygen atoms in total. The molecule has 0 saturated heterocycles. The summed E-state index contributed by atoms with van der Waals surface area (Å²) in [6.45, 7) is 7.28. The molecule has 2 rings (SSSR count). The summed E-state index contributed by atoms with van der Waals surface area (Å²) in [7, 11) is 1.78. The van der Waals surface area contributed by atoms with Crippen molar-refractivity contribution in [3.63, 3.8) is 0 Å². The predicted molar refractivity (Wildman–Crippen MR) is 76.2 cm³/mol. The Morgan fingerprint density at radius 3 is 2.33 bits per heavy atom. The summed E-state index contributed by atoms with van der Waals surface area (Å²) in [6, 6.07) is 2.27. The molecule has 1 aliphatic carbocycles. The van der Waals surface area contributed by atoms with Gasteiger partial charge in [0, 0.05) is 0 Å². The predicted octanol–water partition coefficient (Wildman–Crippen LogP) is 3.29. The van der Waals surface area contributed by atoms with Gasteiger partial charge >= 0.3 is 0 Å². The van der Waals surface area contributed by atoms with Crippen molar-refractivity contribution in [2.24, 2.45) is 11.1 Å². The smallest absolute Gasteiger partial charge is 0.125 e. The van der Waals surface area contributed by atoms with Crippen LogP contribution in [0.15, 0.2) is 6.07 Å². The molecule has 0 spiro atoms. The summed E-state index contributed by atoms with van der Waals surface area (Å²) in [5.41, 5.74) is 11.6. The van der Waals surface area contributed by atoms with Crippen LogP contribution >= 0.6 is 0 Å². The van der Waals surface area contributed by atoms with Gasteiger partial charge in [0.25, 0.3) is 0 Å². The lowest BCUT2D eigenvalue weighted by Crippen LogP contribution is -2.39. The normalized spacial score (nSPS) is 17.4. The SMILES string of the molecule is COc1c(C)c(C)cc(C)c1CC1(CN)CCC1. The van der Waals surface area contributed by atoms with Gasteiger partial charge in [0.1, 0.15) is 5.75 Å². The van der Waals surface area contributed by atoms with Gasteiger partial charge in [-0.2, -0.15) is 0 Å². The highest BCUT2D eigenvalue weighted by atomic mass is 16.5. The highest BCUT2D eigenvalue weighted by molar-refractivity contribution is 5.50. The van der Waals surface area contributed by atoms with E-state index in [2.05, 4.69) is 26.8 Å². The van der Waals surface area contributed by atoms with Gasteiger partial charge in [-0.3, -0.25) is 0 Å². The minimum absolute atomic E-state index is 0.333. The van der Waals surface area contributed by atoms with Crippen molar-refractivity contribution >= 4 is 0 Å². The van der Waals surface area contributed by atoms with Crippen LogP contribution in [0.2, 0.25) is 0 Å². The van der Waals surface area contributed by atoms with Gasteiger partial charge in [0.15, 0.2) is 0 Å². The van der Waals surface area contributed by atoms with Gasteiger partial charge in [-0.1, -0.05) is 12.5 Å². The van der Waals surface area contributed by atoms with E-state index in [1.165, 1.54) is 41.5 Å². The molecule has 1 saturated carbocycles. The van der Waals surface area contributed by atoms with E-state index < -0.39 is 0 Å². The zero-order chi connectivity index (χ0) is 13.3. The highest BCUT2D eigenvalue weighted by Gasteiger charge is 2.36. The van der Waals surface area contributed by atoms with Crippen LogP contribution in [0.5, 0.6) is 5.75 Å². The van der Waals surface area contributed by atoms with E-state index in [-0.39, 0.29) is 0 Å². The van der Waals surface area contributed by atoms with Gasteiger partial charge in [-0.05, 0) is 74.2 Å². The van der Waals surface area contributed by atoms with Crippen molar-refractivity contribution in [3.05, 3.63) is 28.3 Å². The highest BCUT2D eigenvalue weighted by Crippen LogP contribution is 2.45. The van der Waals surface area contributed by atoms with Crippen molar-refractivity contribution in [1.29, 1.82) is 0 Å². The average molecular weight is 247 g/mol. The first kappa shape index (κ1) is 13.4. The van der Waals surface area contributed by atoms with E-state index in [1.54, 1.807) is 7.11 Å². The third-order valence-corrected chi connectivity index (χ3v) is 4.72. The summed E-state index contributed by atoms with van der Waals surface area (Å²) in [5, 5.41) is 0. The maximum Gasteiger partial charge on any atom is 0.125 e. The number of nitrogens with two attached hydrogens (primary N) is 1. The Balaban J connectivity index is 2.40. The van der Waals surface area contributed by atoms with E-state index in [4.69, 9.17) is 10.5 Å². The molecule has 0 radical (unpaired) electrons. The number of aryl methyl sites for hydroxylation is 2. The molecule has 0 unspecified atom stereocenters. The lowest BCUT2D eigenvalue weighted by atomic mass is 9.65. The molecule has 0 heterocycles. The van der Waals surface area contributed by atoms with Gasteiger partial charge in [0.2, 0.25) is 0 Å². The molecule has 1 aromatic rings. The van der Waals surface area contributed by atoms with Crippen LogP contribution in [0, 0.1) is 26.2 Å². The van der Waals surface area contributed by atoms with Gasteiger partial charge in [-0.25, -0.2) is 0 Å². The van der Waals surface area contributed by atoms with Gasteiger partial charge < -0.3 is 10.5 Å². The summed E-state index contributed by atoms with van der Waals surface area (Å²) >= 11 is 0. The molecule has 1 aromatic carbocycles. The molecule has 2 N–H and O–H groups in total. The fraction of sp³-hybridized carbons (Fsp3) is 0.625. The average Bonchev–Trinajstić information content (AvgIpc) is 2.30. The molecule has 18 heavy (non-hydrogen) atoms. The first-order chi connectivity index (χ1) is 8.53. The number of ether oxygens (including phenoxy) is 1. The number of hydrogen-bond donors (Lipinski definition) is 1. The van der Waals surface area contributed by atoms with E-state index in [0.717, 1.165) is 18.7 Å². The van der Waals surface area contributed by atoms with Crippen LogP contribution in [-0.2, 0) is 6.42 Å². The van der Waals surface area contributed by atoms with E-state index in [0.29, 0.717) is 5.41 Å². The molecule has 0 atom stereocenters. The van der Waals surface area contributed by atoms with Crippen LogP contribution < -0.4 is 10.5 Å². The van der Waals surface area contributed by atoms with Gasteiger partial charge in [-0.15, -0.1) is 0 Å². The second-order valence-electron chi connectivity index (χ2n) is 5.88. The Labute approximate surface area is 111 Å². The zero-order valence-corrected chi connectivity index (χ0v) is 12.1. The van der Waals surface area contributed by atoms with Crippen molar-refractivity contribution in [2.45, 2.75) is 46.5 Å². The fourth-order valence-corrected chi connectivity index (χ4v) is 3.11. The Bertz CT molecular complexity index is 441. The molecule has 0 aliphatic heterocycles. The van der Waals surface area contributed by atoms with Crippen LogP contribution in [0.1, 0.15) is 41.5 Å². The van der Waals surface area contributed by atoms with Crippen molar-refractivity contribution in [3.8, 4) is 5.75 Å². The Hall–Kier alpha value is -1.02. The van der Waals surface area contributed by atoms with E-state index in [1.807, 2.05) is 0 Å². The topological polar surface area (TPSA) is 35.2 Å². The molecule has 0 amide bonds. The Morgan fingerprint density at radius 1 is 1.22 bits per heavy atom. The van der Waals surface area contributed by atoms with E-state index in [9.17, 15) is 0 Å². The van der Waals surface area contributed by atoms with Crippen LogP contribution in [0.3, 0.4) is 0 Å². The van der Waals surface area contributed by atoms with Crippen molar-refractivity contribution in [2.75, 3.05) is 13.7 Å². The van der Waals surface area contributed by atoms with E-state index >= 15 is 0 Å². The maximum absolute atomic E-state index is 5.99. The molecule has 2 heteroatoms. The molecule has 1 aliphatic rings. The maximum atomic E-state index is 5.99. The number of rotatable bonds is 4. The second-order valence-corrected chi connectivity index (χ2v) is 5.88. The minimum Gasteiger partial charge on any atom is -0.496 e. The van der Waals surface area contributed by atoms with Gasteiger partial charge in [0.05, 0.1) is 7.11 Å². The zero-order valence-electron chi connectivity index (χ0n) is 12.1. The number of methoxy groups -OCH3 is 1. The molecule has 100 valence electrons. The fourth-order valence-electron chi connectivity index (χ4n) is 3.11. The van der Waals surface area contributed by atoms with Crippen LogP contribution in [-0.4, -0.2) is 13.7 Å². The number of benzene rings is 1. The molecule has 1 fully saturated rings. The van der Waals surface area contributed by atoms with Crippen molar-refractivity contribution < 1.29 is 4.74 Å². The first-order valence-corrected chi connectivity index (χ1v) is 6.87. The third-order valence-electron chi connectivity index (χ3n) is 4.72. The van der Waals surface area contributed by atoms with Crippen molar-refractivity contribution in [1.82, 2.24) is 0 Å². The minimum atomic E-state index is 0.333. The monoisotopic (exact) mass is 247 g/mol. The van der Waals surface area contributed by atoms with Crippen LogP contribution in [0.4, 0.5) is 0 Å². The summed E-state index contributed by atoms with van der Waals surface area (Å²) in [6.07, 6.45) is 4.92. The molecule has 0 aromatic heterocycles. The summed E-state index contributed by atoms with van der Waals surface area (Å²) < 4.78 is 5.66. The standard InChI is InChI=1S/C16H25NO/c1-11-8-12(2)14(15(18-4)13(11)3)9-16(10-17)6-5-7-16/h8H,5-7,9-10,17H2,1-4H3. The molecular formula is C16H25NO. The largest absolute Gasteiger partial charge is 0.496 e. The second kappa shape index (κ2) is 4.93. The van der Waals surface area contributed by atoms with Crippen LogP contribution in [0.25, 0.3) is 0 Å². The molecular weight excluding hydrogens is 222 g/mol. The Morgan fingerprint density at radius 2 is 1.89 bits per heavy atom. The lowest BCUT2D eigenvalue weighted by Gasteiger charge is -2.42. The third kappa shape index (κ3) is 2.14. The quantitative estimate of drug-likeness (QED) is 0.886. The number of hydrogen-bond acceptors (Lipinski definition) is 2. The lowest BCUT2D eigenvalue weighted by molar-refractivity contribution is 0.143.